The molecule has 0 aliphatic rings. The number of alkyl halides is 1. The Balaban J connectivity index is 3.07. The van der Waals surface area contributed by atoms with Crippen molar-refractivity contribution >= 4 is 37.6 Å². The fourth-order valence-electron chi connectivity index (χ4n) is 1.14. The molecule has 4 heteroatoms. The van der Waals surface area contributed by atoms with Crippen LogP contribution in [-0.2, 0) is 4.79 Å². The Morgan fingerprint density at radius 3 is 2.79 bits per heavy atom. The molecule has 1 nitrogen and oxygen atoms in total. The van der Waals surface area contributed by atoms with Gasteiger partial charge in [0.25, 0.3) is 0 Å². The van der Waals surface area contributed by atoms with Gasteiger partial charge in [0.2, 0.25) is 0 Å². The molecule has 0 spiro atoms. The molecule has 0 aliphatic heterocycles. The predicted molar refractivity (Wildman–Crippen MR) is 61.3 cm³/mol. The summed E-state index contributed by atoms with van der Waals surface area (Å²) < 4.78 is 13.9. The van der Waals surface area contributed by atoms with Gasteiger partial charge in [-0.3, -0.25) is 4.79 Å². The van der Waals surface area contributed by atoms with Crippen LogP contribution in [0.4, 0.5) is 4.39 Å². The van der Waals surface area contributed by atoms with Crippen molar-refractivity contribution in [2.75, 3.05) is 5.33 Å². The van der Waals surface area contributed by atoms with Gasteiger partial charge in [-0.2, -0.15) is 0 Å². The first-order valence-electron chi connectivity index (χ1n) is 4.10. The summed E-state index contributed by atoms with van der Waals surface area (Å²) in [5, 5.41) is 0.250. The molecule has 0 N–H and O–H groups in total. The van der Waals surface area contributed by atoms with Gasteiger partial charge in [-0.05, 0) is 27.6 Å². The van der Waals surface area contributed by atoms with Gasteiger partial charge in [-0.1, -0.05) is 35.0 Å². The third kappa shape index (κ3) is 2.42. The van der Waals surface area contributed by atoms with Crippen molar-refractivity contribution in [3.05, 3.63) is 34.1 Å². The molecule has 0 radical (unpaired) electrons. The van der Waals surface area contributed by atoms with Crippen molar-refractivity contribution in [2.24, 2.45) is 0 Å². The minimum absolute atomic E-state index is 0.0259. The molecule has 0 fully saturated rings. The highest BCUT2D eigenvalue weighted by molar-refractivity contribution is 9.10. The van der Waals surface area contributed by atoms with Gasteiger partial charge in [0, 0.05) is 5.92 Å². The molecule has 0 bridgehead atoms. The number of rotatable bonds is 3. The Bertz CT molecular complexity index is 352. The van der Waals surface area contributed by atoms with Crippen LogP contribution in [0, 0.1) is 5.82 Å². The summed E-state index contributed by atoms with van der Waals surface area (Å²) in [6.45, 7) is 1.70. The van der Waals surface area contributed by atoms with E-state index < -0.39 is 5.92 Å². The molecular weight excluding hydrogens is 315 g/mol. The van der Waals surface area contributed by atoms with Crippen molar-refractivity contribution in [1.29, 1.82) is 0 Å². The number of benzene rings is 1. The minimum Gasteiger partial charge on any atom is -0.298 e. The van der Waals surface area contributed by atoms with Crippen molar-refractivity contribution < 1.29 is 9.18 Å². The van der Waals surface area contributed by atoms with E-state index >= 15 is 0 Å². The van der Waals surface area contributed by atoms with Gasteiger partial charge in [0.05, 0.1) is 9.80 Å². The van der Waals surface area contributed by atoms with E-state index in [0.29, 0.717) is 10.0 Å². The average molecular weight is 324 g/mol. The number of carbonyl (C=O) groups is 1. The topological polar surface area (TPSA) is 17.1 Å². The Hall–Kier alpha value is -0.220. The number of carbonyl (C=O) groups excluding carboxylic acids is 1. The molecule has 0 saturated heterocycles. The molecular formula is C10H9Br2FO. The first-order chi connectivity index (χ1) is 6.57. The Morgan fingerprint density at radius 1 is 1.57 bits per heavy atom. The highest BCUT2D eigenvalue weighted by atomic mass is 79.9. The van der Waals surface area contributed by atoms with Gasteiger partial charge in [0.15, 0.2) is 5.78 Å². The van der Waals surface area contributed by atoms with Crippen molar-refractivity contribution in [2.45, 2.75) is 12.8 Å². The highest BCUT2D eigenvalue weighted by Crippen LogP contribution is 2.25. The van der Waals surface area contributed by atoms with E-state index in [2.05, 4.69) is 31.9 Å². The minimum atomic E-state index is -0.410. The molecule has 1 aromatic rings. The lowest BCUT2D eigenvalue weighted by molar-refractivity contribution is -0.117. The molecule has 14 heavy (non-hydrogen) atoms. The lowest BCUT2D eigenvalue weighted by atomic mass is 9.97. The van der Waals surface area contributed by atoms with E-state index in [0.717, 1.165) is 0 Å². The van der Waals surface area contributed by atoms with E-state index in [-0.39, 0.29) is 16.9 Å². The van der Waals surface area contributed by atoms with E-state index in [9.17, 15) is 9.18 Å². The fourth-order valence-corrected chi connectivity index (χ4v) is 2.01. The fraction of sp³-hybridized carbons (Fsp3) is 0.300. The summed E-state index contributed by atoms with van der Waals surface area (Å²) in [6.07, 6.45) is 0. The van der Waals surface area contributed by atoms with Gasteiger partial charge >= 0.3 is 0 Å². The normalized spacial score (nSPS) is 12.6. The SMILES string of the molecule is CC(C(=O)CBr)c1cccc(Br)c1F. The van der Waals surface area contributed by atoms with Crippen LogP contribution in [0.3, 0.4) is 0 Å². The molecule has 0 aromatic heterocycles. The molecule has 76 valence electrons. The van der Waals surface area contributed by atoms with Crippen molar-refractivity contribution in [3.8, 4) is 0 Å². The monoisotopic (exact) mass is 322 g/mol. The second-order valence-corrected chi connectivity index (χ2v) is 4.38. The Labute approximate surface area is 99.0 Å². The molecule has 0 saturated carbocycles. The van der Waals surface area contributed by atoms with Gasteiger partial charge in [0.1, 0.15) is 5.82 Å². The van der Waals surface area contributed by atoms with Gasteiger partial charge in [-0.15, -0.1) is 0 Å². The van der Waals surface area contributed by atoms with Crippen LogP contribution in [-0.4, -0.2) is 11.1 Å². The summed E-state index contributed by atoms with van der Waals surface area (Å²) in [5.74, 6) is -0.789. The number of halogens is 3. The van der Waals surface area contributed by atoms with Crippen LogP contribution in [0.2, 0.25) is 0 Å². The molecule has 0 aliphatic carbocycles. The van der Waals surface area contributed by atoms with Crippen molar-refractivity contribution in [1.82, 2.24) is 0 Å². The largest absolute Gasteiger partial charge is 0.298 e. The lowest BCUT2D eigenvalue weighted by Crippen LogP contribution is -2.11. The smallest absolute Gasteiger partial charge is 0.150 e. The number of hydrogen-bond acceptors (Lipinski definition) is 1. The number of hydrogen-bond donors (Lipinski definition) is 0. The second kappa shape index (κ2) is 5.03. The summed E-state index contributed by atoms with van der Waals surface area (Å²) in [7, 11) is 0. The summed E-state index contributed by atoms with van der Waals surface area (Å²) in [5.41, 5.74) is 0.434. The van der Waals surface area contributed by atoms with Gasteiger partial charge < -0.3 is 0 Å². The Kier molecular flexibility index (Phi) is 4.26. The summed E-state index contributed by atoms with van der Waals surface area (Å²) >= 11 is 6.16. The predicted octanol–water partition coefficient (Wildman–Crippen LogP) is 3.66. The highest BCUT2D eigenvalue weighted by Gasteiger charge is 2.18. The van der Waals surface area contributed by atoms with Crippen LogP contribution in [0.25, 0.3) is 0 Å². The first kappa shape index (κ1) is 11.9. The second-order valence-electron chi connectivity index (χ2n) is 2.96. The maximum atomic E-state index is 13.5. The molecule has 1 atom stereocenters. The third-order valence-electron chi connectivity index (χ3n) is 2.06. The molecule has 0 heterocycles. The maximum Gasteiger partial charge on any atom is 0.150 e. The first-order valence-corrected chi connectivity index (χ1v) is 6.02. The average Bonchev–Trinajstić information content (AvgIpc) is 2.20. The molecule has 0 amide bonds. The molecule has 1 rings (SSSR count). The maximum absolute atomic E-state index is 13.5. The third-order valence-corrected chi connectivity index (χ3v) is 3.23. The number of ketones is 1. The van der Waals surface area contributed by atoms with Crippen LogP contribution >= 0.6 is 31.9 Å². The quantitative estimate of drug-likeness (QED) is 0.776. The van der Waals surface area contributed by atoms with Crippen molar-refractivity contribution in [3.63, 3.8) is 0 Å². The van der Waals surface area contributed by atoms with Crippen LogP contribution in [0.15, 0.2) is 22.7 Å². The zero-order valence-corrected chi connectivity index (χ0v) is 10.7. The lowest BCUT2D eigenvalue weighted by Gasteiger charge is -2.10. The zero-order chi connectivity index (χ0) is 10.7. The van der Waals surface area contributed by atoms with Crippen LogP contribution in [0.1, 0.15) is 18.4 Å². The van der Waals surface area contributed by atoms with E-state index in [1.165, 1.54) is 0 Å². The van der Waals surface area contributed by atoms with Crippen LogP contribution in [0.5, 0.6) is 0 Å². The number of Topliss-reactive ketones (excluding diaryl/α,β-unsaturated/α-hetero) is 1. The Morgan fingerprint density at radius 2 is 2.21 bits per heavy atom. The van der Waals surface area contributed by atoms with Gasteiger partial charge in [-0.25, -0.2) is 4.39 Å². The molecule has 1 unspecified atom stereocenters. The summed E-state index contributed by atoms with van der Waals surface area (Å²) in [4.78, 5) is 11.3. The standard InChI is InChI=1S/C10H9Br2FO/c1-6(9(14)5-11)7-3-2-4-8(12)10(7)13/h2-4,6H,5H2,1H3. The van der Waals surface area contributed by atoms with Crippen LogP contribution < -0.4 is 0 Å². The van der Waals surface area contributed by atoms with E-state index in [1.54, 1.807) is 25.1 Å². The van der Waals surface area contributed by atoms with E-state index in [4.69, 9.17) is 0 Å². The van der Waals surface area contributed by atoms with E-state index in [1.807, 2.05) is 0 Å². The summed E-state index contributed by atoms with van der Waals surface area (Å²) in [6, 6.07) is 4.97. The zero-order valence-electron chi connectivity index (χ0n) is 7.56. The molecule has 1 aromatic carbocycles.